The Bertz CT molecular complexity index is 810. The Morgan fingerprint density at radius 2 is 1.65 bits per heavy atom. The van der Waals surface area contributed by atoms with Gasteiger partial charge in [0.2, 0.25) is 0 Å². The molecule has 236 valence electrons. The number of likely N-dealkylation sites (N-methyl/N-ethyl adjacent to an activating group) is 1. The van der Waals surface area contributed by atoms with Crippen LogP contribution in [0.2, 0.25) is 0 Å². The van der Waals surface area contributed by atoms with Crippen molar-refractivity contribution in [3.63, 3.8) is 0 Å². The van der Waals surface area contributed by atoms with Crippen LogP contribution >= 0.6 is 0 Å². The third-order valence-corrected chi connectivity index (χ3v) is 8.97. The van der Waals surface area contributed by atoms with Crippen molar-refractivity contribution in [1.29, 1.82) is 0 Å². The highest BCUT2D eigenvalue weighted by Gasteiger charge is 2.49. The second kappa shape index (κ2) is 14.1. The van der Waals surface area contributed by atoms with E-state index in [-0.39, 0.29) is 30.9 Å². The summed E-state index contributed by atoms with van der Waals surface area (Å²) in [6, 6.07) is -0.783. The quantitative estimate of drug-likeness (QED) is 0.261. The first-order valence-electron chi connectivity index (χ1n) is 14.7. The normalized spacial score (nSPS) is 48.8. The third kappa shape index (κ3) is 8.14. The molecule has 0 spiro atoms. The minimum absolute atomic E-state index is 0.113. The molecular formula is C29H56N2O9. The molecule has 2 aliphatic heterocycles. The Morgan fingerprint density at radius 3 is 2.20 bits per heavy atom. The molecule has 0 amide bonds. The summed E-state index contributed by atoms with van der Waals surface area (Å²) < 4.78 is 18.0. The second-order valence-corrected chi connectivity index (χ2v) is 13.1. The van der Waals surface area contributed by atoms with Crippen LogP contribution in [-0.2, 0) is 19.0 Å². The van der Waals surface area contributed by atoms with Gasteiger partial charge in [-0.05, 0) is 80.4 Å². The Labute approximate surface area is 240 Å². The molecule has 2 aliphatic rings. The molecule has 2 heterocycles. The molecule has 0 aromatic carbocycles. The highest BCUT2D eigenvalue weighted by Crippen LogP contribution is 2.36. The minimum atomic E-state index is -1.75. The smallest absolute Gasteiger partial charge is 0.311 e. The largest absolute Gasteiger partial charge is 0.459 e. The molecule has 40 heavy (non-hydrogen) atoms. The number of nitrogens with one attached hydrogen (secondary N) is 1. The predicted octanol–water partition coefficient (Wildman–Crippen LogP) is 0.633. The molecule has 0 unspecified atom stereocenters. The molecule has 14 atom stereocenters. The molecule has 6 N–H and O–H groups in total. The Morgan fingerprint density at radius 1 is 1.05 bits per heavy atom. The number of carbonyl (C=O) groups excluding carboxylic acids is 1. The maximum absolute atomic E-state index is 13.2. The summed E-state index contributed by atoms with van der Waals surface area (Å²) in [5, 5.41) is 59.8. The van der Waals surface area contributed by atoms with E-state index in [0.717, 1.165) is 0 Å². The van der Waals surface area contributed by atoms with Crippen molar-refractivity contribution in [2.75, 3.05) is 20.6 Å². The van der Waals surface area contributed by atoms with Gasteiger partial charge >= 0.3 is 5.97 Å². The first-order valence-corrected chi connectivity index (χ1v) is 14.7. The minimum Gasteiger partial charge on any atom is -0.459 e. The van der Waals surface area contributed by atoms with Crippen LogP contribution in [0.4, 0.5) is 0 Å². The maximum atomic E-state index is 13.2. The number of carbonyl (C=O) groups is 1. The first kappa shape index (κ1) is 35.3. The summed E-state index contributed by atoms with van der Waals surface area (Å²) in [4.78, 5) is 15.1. The number of ether oxygens (including phenoxy) is 3. The topological polar surface area (TPSA) is 161 Å². The molecule has 0 saturated carbocycles. The Balaban J connectivity index is 2.48. The fourth-order valence-corrected chi connectivity index (χ4v) is 6.36. The van der Waals surface area contributed by atoms with E-state index in [4.69, 9.17) is 14.2 Å². The van der Waals surface area contributed by atoms with Gasteiger partial charge in [0, 0.05) is 18.0 Å². The van der Waals surface area contributed by atoms with Crippen molar-refractivity contribution in [1.82, 2.24) is 10.2 Å². The highest BCUT2D eigenvalue weighted by molar-refractivity contribution is 5.73. The molecule has 2 fully saturated rings. The summed E-state index contributed by atoms with van der Waals surface area (Å²) in [5.74, 6) is -2.67. The van der Waals surface area contributed by atoms with Gasteiger partial charge in [-0.25, -0.2) is 0 Å². The van der Waals surface area contributed by atoms with Crippen molar-refractivity contribution in [2.24, 2.45) is 17.8 Å². The van der Waals surface area contributed by atoms with Gasteiger partial charge in [0.05, 0.1) is 29.8 Å². The van der Waals surface area contributed by atoms with Gasteiger partial charge in [-0.15, -0.1) is 0 Å². The molecule has 2 rings (SSSR count). The fraction of sp³-hybridized carbons (Fsp3) is 0.966. The lowest BCUT2D eigenvalue weighted by Gasteiger charge is -2.46. The number of cyclic esters (lactones) is 1. The van der Waals surface area contributed by atoms with Crippen molar-refractivity contribution < 1.29 is 44.5 Å². The molecule has 11 heteroatoms. The van der Waals surface area contributed by atoms with Crippen LogP contribution in [0, 0.1) is 17.8 Å². The van der Waals surface area contributed by atoms with Crippen LogP contribution in [0.25, 0.3) is 0 Å². The van der Waals surface area contributed by atoms with E-state index >= 15 is 0 Å². The lowest BCUT2D eigenvalue weighted by atomic mass is 9.78. The van der Waals surface area contributed by atoms with Crippen LogP contribution in [0.5, 0.6) is 0 Å². The number of hydrogen-bond donors (Lipinski definition) is 6. The van der Waals surface area contributed by atoms with Crippen LogP contribution < -0.4 is 5.32 Å². The summed E-state index contributed by atoms with van der Waals surface area (Å²) in [6.07, 6.45) is -5.77. The number of aliphatic hydroxyl groups excluding tert-OH is 3. The van der Waals surface area contributed by atoms with Crippen LogP contribution in [0.3, 0.4) is 0 Å². The lowest BCUT2D eigenvalue weighted by Crippen LogP contribution is -2.59. The second-order valence-electron chi connectivity index (χ2n) is 13.1. The molecule has 0 bridgehead atoms. The van der Waals surface area contributed by atoms with E-state index in [1.54, 1.807) is 27.7 Å². The molecule has 11 nitrogen and oxygen atoms in total. The van der Waals surface area contributed by atoms with Gasteiger partial charge in [-0.1, -0.05) is 20.8 Å². The van der Waals surface area contributed by atoms with Gasteiger partial charge in [-0.3, -0.25) is 4.79 Å². The third-order valence-electron chi connectivity index (χ3n) is 8.97. The predicted molar refractivity (Wildman–Crippen MR) is 150 cm³/mol. The van der Waals surface area contributed by atoms with Crippen molar-refractivity contribution in [3.8, 4) is 0 Å². The number of esters is 1. The zero-order valence-corrected chi connectivity index (χ0v) is 26.1. The van der Waals surface area contributed by atoms with Gasteiger partial charge in [0.15, 0.2) is 6.29 Å². The van der Waals surface area contributed by atoms with E-state index in [1.165, 1.54) is 13.8 Å². The molecular weight excluding hydrogens is 520 g/mol. The number of rotatable bonds is 4. The summed E-state index contributed by atoms with van der Waals surface area (Å²) in [7, 11) is 3.74. The Kier molecular flexibility index (Phi) is 12.4. The van der Waals surface area contributed by atoms with Gasteiger partial charge < -0.3 is 50.0 Å². The first-order chi connectivity index (χ1) is 18.3. The highest BCUT2D eigenvalue weighted by atomic mass is 16.7. The molecule has 0 aliphatic carbocycles. The van der Waals surface area contributed by atoms with E-state index in [1.807, 2.05) is 32.8 Å². The van der Waals surface area contributed by atoms with Gasteiger partial charge in [-0.2, -0.15) is 0 Å². The van der Waals surface area contributed by atoms with E-state index in [9.17, 15) is 30.3 Å². The monoisotopic (exact) mass is 576 g/mol. The summed E-state index contributed by atoms with van der Waals surface area (Å²) in [6.45, 7) is 14.0. The lowest BCUT2D eigenvalue weighted by molar-refractivity contribution is -0.299. The Hall–Kier alpha value is -0.890. The standard InChI is InChI=1S/C29H56N2O9/c1-11-21-29(8,37)24(34)19(6)30-14-15(2)13-28(7,36)25(17(4)22(32)18(5)26(35)39-21)40-27-23(33)20(31(9)10)12-16(3)38-27/h15-25,27,30,32-34,36-37H,11-14H2,1-10H3/t15-,16-,17+,18-,19-,20+,21-,22+,23+,24-,25-,27+,28-,29-/m1/s1. The van der Waals surface area contributed by atoms with Crippen LogP contribution in [-0.4, -0.2) is 123 Å². The summed E-state index contributed by atoms with van der Waals surface area (Å²) in [5.41, 5.74) is -3.25. The molecule has 2 saturated heterocycles. The van der Waals surface area contributed by atoms with Crippen molar-refractivity contribution in [2.45, 2.75) is 141 Å². The van der Waals surface area contributed by atoms with Crippen LogP contribution in [0.15, 0.2) is 0 Å². The zero-order valence-electron chi connectivity index (χ0n) is 26.1. The van der Waals surface area contributed by atoms with E-state index in [0.29, 0.717) is 13.0 Å². The zero-order chi connectivity index (χ0) is 30.7. The average Bonchev–Trinajstić information content (AvgIpc) is 2.87. The molecule has 0 radical (unpaired) electrons. The number of hydrogen-bond acceptors (Lipinski definition) is 11. The van der Waals surface area contributed by atoms with Gasteiger partial charge in [0.1, 0.15) is 23.9 Å². The summed E-state index contributed by atoms with van der Waals surface area (Å²) >= 11 is 0. The van der Waals surface area contributed by atoms with E-state index in [2.05, 4.69) is 5.32 Å². The SMILES string of the molecule is CC[C@H]1OC(=O)[C@H](C)[C@@H](O)[C@H](C)[C@@H](O[C@@H]2O[C@H](C)C[C@H](N(C)C)[C@@H]2O)[C@](C)(O)C[C@@H](C)CN[C@H](C)[C@@H](O)[C@]1(C)O. The number of nitrogens with zero attached hydrogens (tertiary/aromatic N) is 1. The average molecular weight is 577 g/mol. The molecule has 0 aromatic rings. The van der Waals surface area contributed by atoms with Gasteiger partial charge in [0.25, 0.3) is 0 Å². The van der Waals surface area contributed by atoms with Crippen molar-refractivity contribution in [3.05, 3.63) is 0 Å². The molecule has 0 aromatic heterocycles. The number of aliphatic hydroxyl groups is 5. The van der Waals surface area contributed by atoms with Crippen molar-refractivity contribution >= 4 is 5.97 Å². The van der Waals surface area contributed by atoms with Crippen LogP contribution in [0.1, 0.15) is 74.7 Å². The fourth-order valence-electron chi connectivity index (χ4n) is 6.36. The maximum Gasteiger partial charge on any atom is 0.311 e. The van der Waals surface area contributed by atoms with E-state index < -0.39 is 71.9 Å².